The minimum absolute atomic E-state index is 0.0235. The Hall–Kier alpha value is -2.03. The Morgan fingerprint density at radius 1 is 0.461 bits per heavy atom. The Morgan fingerprint density at radius 2 is 0.803 bits per heavy atom. The maximum absolute atomic E-state index is 13.5. The topological polar surface area (TPSA) is 114 Å². The van der Waals surface area contributed by atoms with Crippen LogP contribution in [0.15, 0.2) is 48.6 Å². The predicted molar refractivity (Wildman–Crippen MR) is 326 cm³/mol. The van der Waals surface area contributed by atoms with E-state index in [9.17, 15) is 19.0 Å². The lowest BCUT2D eigenvalue weighted by molar-refractivity contribution is -0.870. The Balaban J connectivity index is 5.19. The second-order valence-electron chi connectivity index (χ2n) is 23.3. The molecule has 0 rings (SSSR count). The van der Waals surface area contributed by atoms with Crippen LogP contribution in [0.2, 0.25) is 0 Å². The van der Waals surface area contributed by atoms with Gasteiger partial charge in [0.25, 0.3) is 7.82 Å². The van der Waals surface area contributed by atoms with Crippen LogP contribution in [0, 0.1) is 0 Å². The summed E-state index contributed by atoms with van der Waals surface area (Å²) in [6.07, 6.45) is 69.3. The highest BCUT2D eigenvalue weighted by molar-refractivity contribution is 7.45. The fraction of sp³-hybridized carbons (Fsp3) is 0.848. The summed E-state index contributed by atoms with van der Waals surface area (Å²) in [6.45, 7) is 6.84. The van der Waals surface area contributed by atoms with Gasteiger partial charge in [0.1, 0.15) is 19.3 Å². The van der Waals surface area contributed by atoms with Gasteiger partial charge in [-0.1, -0.05) is 256 Å². The summed E-state index contributed by atoms with van der Waals surface area (Å²) in [5, 5.41) is 3.03. The van der Waals surface area contributed by atoms with Gasteiger partial charge in [0.15, 0.2) is 0 Å². The van der Waals surface area contributed by atoms with Gasteiger partial charge in [-0.25, -0.2) is 0 Å². The zero-order valence-electron chi connectivity index (χ0n) is 51.0. The fourth-order valence-electron chi connectivity index (χ4n) is 9.43. The molecule has 0 saturated heterocycles. The summed E-state index contributed by atoms with van der Waals surface area (Å²) in [4.78, 5) is 40.0. The van der Waals surface area contributed by atoms with E-state index < -0.39 is 20.0 Å². The molecule has 0 spiro atoms. The first-order valence-electron chi connectivity index (χ1n) is 32.4. The lowest BCUT2D eigenvalue weighted by atomic mass is 10.0. The van der Waals surface area contributed by atoms with Gasteiger partial charge in [0.2, 0.25) is 5.91 Å². The van der Waals surface area contributed by atoms with Crippen LogP contribution in [-0.4, -0.2) is 69.4 Å². The van der Waals surface area contributed by atoms with Gasteiger partial charge in [-0.15, -0.1) is 0 Å². The zero-order chi connectivity index (χ0) is 55.7. The number of amides is 1. The molecule has 446 valence electrons. The fourth-order valence-corrected chi connectivity index (χ4v) is 10.2. The second-order valence-corrected chi connectivity index (χ2v) is 24.7. The highest BCUT2D eigenvalue weighted by atomic mass is 31.2. The molecule has 0 heterocycles. The van der Waals surface area contributed by atoms with Crippen molar-refractivity contribution in [1.82, 2.24) is 5.32 Å². The summed E-state index contributed by atoms with van der Waals surface area (Å²) in [7, 11) is 1.19. The monoisotopic (exact) mass is 1090 g/mol. The molecule has 0 bridgehead atoms. The molecule has 0 aliphatic carbocycles. The Morgan fingerprint density at radius 3 is 1.22 bits per heavy atom. The standard InChI is InChI=1S/C66H125N2O7P/c1-7-10-13-16-19-22-25-28-30-32-33-34-35-37-39-41-44-47-50-53-56-59-66(70)75-64(57-54-51-48-45-42-27-24-21-18-15-12-9-3)63(62-74-76(71,72)73-61-60-68(4,5)6)67-65(69)58-55-52-49-46-43-40-38-36-31-29-26-23-20-17-14-11-8-2/h20,23,28-31,54,57,63-64H,7-19,21-22,24-27,32-53,55-56,58-62H2,1-6H3,(H-,67,69,71,72)/b23-20-,30-28+,31-29-,57-54+. The minimum Gasteiger partial charge on any atom is -0.756 e. The summed E-state index contributed by atoms with van der Waals surface area (Å²) in [6, 6.07) is -0.892. The number of unbranched alkanes of at least 4 members (excludes halogenated alkanes) is 37. The number of ether oxygens (including phenoxy) is 1. The van der Waals surface area contributed by atoms with Crippen LogP contribution in [0.4, 0.5) is 0 Å². The number of quaternary nitrogens is 1. The molecule has 0 aromatic rings. The molecule has 0 saturated carbocycles. The summed E-state index contributed by atoms with van der Waals surface area (Å²) in [5.41, 5.74) is 0. The van der Waals surface area contributed by atoms with Crippen LogP contribution < -0.4 is 10.2 Å². The SMILES string of the molecule is CCCCC/C=C\C/C=C\CCCCCCCCCC(=O)NC(COP(=O)([O-])OCC[N+](C)(C)C)C(/C=C/CCCCCCCCCCCC)OC(=O)CCCCCCCCCCCCC/C=C/CCCCCCCC. The number of allylic oxidation sites excluding steroid dienone is 7. The number of nitrogens with one attached hydrogen (secondary N) is 1. The zero-order valence-corrected chi connectivity index (χ0v) is 51.9. The largest absolute Gasteiger partial charge is 0.756 e. The summed E-state index contributed by atoms with van der Waals surface area (Å²) < 4.78 is 30.4. The molecule has 0 aliphatic heterocycles. The number of nitrogens with zero attached hydrogens (tertiary/aromatic N) is 1. The highest BCUT2D eigenvalue weighted by Gasteiger charge is 2.27. The Labute approximate surface area is 471 Å². The lowest BCUT2D eigenvalue weighted by Gasteiger charge is -2.30. The molecule has 9 nitrogen and oxygen atoms in total. The summed E-state index contributed by atoms with van der Waals surface area (Å²) >= 11 is 0. The smallest absolute Gasteiger partial charge is 0.306 e. The van der Waals surface area contributed by atoms with Gasteiger partial charge in [-0.05, 0) is 89.5 Å². The van der Waals surface area contributed by atoms with E-state index in [4.69, 9.17) is 13.8 Å². The molecule has 0 radical (unpaired) electrons. The molecular weight excluding hydrogens is 964 g/mol. The molecule has 76 heavy (non-hydrogen) atoms. The van der Waals surface area contributed by atoms with E-state index in [1.54, 1.807) is 0 Å². The first-order valence-corrected chi connectivity index (χ1v) is 33.9. The average Bonchev–Trinajstić information content (AvgIpc) is 3.38. The first kappa shape index (κ1) is 74.0. The van der Waals surface area contributed by atoms with Gasteiger partial charge in [-0.2, -0.15) is 0 Å². The van der Waals surface area contributed by atoms with E-state index in [0.29, 0.717) is 17.4 Å². The highest BCUT2D eigenvalue weighted by Crippen LogP contribution is 2.38. The summed E-state index contributed by atoms with van der Waals surface area (Å²) in [5.74, 6) is -0.541. The third-order valence-corrected chi connectivity index (χ3v) is 15.4. The molecular formula is C66H125N2O7P. The van der Waals surface area contributed by atoms with Crippen LogP contribution in [0.25, 0.3) is 0 Å². The molecule has 0 aromatic heterocycles. The number of carbonyl (C=O) groups excluding carboxylic acids is 2. The minimum atomic E-state index is -4.70. The van der Waals surface area contributed by atoms with Crippen molar-refractivity contribution >= 4 is 19.7 Å². The normalized spacial score (nSPS) is 13.9. The molecule has 1 amide bonds. The van der Waals surface area contributed by atoms with Gasteiger partial charge in [0.05, 0.1) is 33.8 Å². The Bertz CT molecular complexity index is 1440. The second kappa shape index (κ2) is 56.3. The lowest BCUT2D eigenvalue weighted by Crippen LogP contribution is -2.47. The number of phosphoric ester groups is 1. The van der Waals surface area contributed by atoms with E-state index >= 15 is 0 Å². The third-order valence-electron chi connectivity index (χ3n) is 14.5. The molecule has 0 aromatic carbocycles. The van der Waals surface area contributed by atoms with Gasteiger partial charge >= 0.3 is 5.97 Å². The number of hydrogen-bond donors (Lipinski definition) is 1. The van der Waals surface area contributed by atoms with Crippen molar-refractivity contribution in [3.63, 3.8) is 0 Å². The molecule has 0 fully saturated rings. The number of likely N-dealkylation sites (N-methyl/N-ethyl adjacent to an activating group) is 1. The maximum atomic E-state index is 13.5. The van der Waals surface area contributed by atoms with E-state index in [1.807, 2.05) is 33.3 Å². The van der Waals surface area contributed by atoms with Crippen LogP contribution in [-0.2, 0) is 27.9 Å². The van der Waals surface area contributed by atoms with Crippen LogP contribution in [0.3, 0.4) is 0 Å². The van der Waals surface area contributed by atoms with Crippen molar-refractivity contribution in [3.05, 3.63) is 48.6 Å². The first-order chi connectivity index (χ1) is 36.9. The van der Waals surface area contributed by atoms with Crippen LogP contribution in [0.1, 0.15) is 310 Å². The number of hydrogen-bond acceptors (Lipinski definition) is 7. The van der Waals surface area contributed by atoms with Crippen LogP contribution >= 0.6 is 7.82 Å². The molecule has 10 heteroatoms. The van der Waals surface area contributed by atoms with Crippen molar-refractivity contribution in [3.8, 4) is 0 Å². The van der Waals surface area contributed by atoms with Crippen molar-refractivity contribution in [2.75, 3.05) is 40.9 Å². The third kappa shape index (κ3) is 56.7. The maximum Gasteiger partial charge on any atom is 0.306 e. The van der Waals surface area contributed by atoms with Gasteiger partial charge in [0, 0.05) is 12.8 Å². The van der Waals surface area contributed by atoms with Gasteiger partial charge < -0.3 is 28.5 Å². The van der Waals surface area contributed by atoms with E-state index in [2.05, 4.69) is 62.5 Å². The van der Waals surface area contributed by atoms with Crippen molar-refractivity contribution in [2.24, 2.45) is 0 Å². The van der Waals surface area contributed by atoms with Gasteiger partial charge in [-0.3, -0.25) is 14.2 Å². The van der Waals surface area contributed by atoms with Crippen molar-refractivity contribution < 1.29 is 37.3 Å². The number of esters is 1. The quantitative estimate of drug-likeness (QED) is 0.0212. The van der Waals surface area contributed by atoms with E-state index in [-0.39, 0.29) is 31.5 Å². The molecule has 3 atom stereocenters. The predicted octanol–water partition coefficient (Wildman–Crippen LogP) is 19.4. The Kier molecular flexibility index (Phi) is 54.7. The molecule has 1 N–H and O–H groups in total. The average molecular weight is 1090 g/mol. The number of rotatable bonds is 59. The van der Waals surface area contributed by atoms with Crippen molar-refractivity contribution in [1.29, 1.82) is 0 Å². The van der Waals surface area contributed by atoms with Crippen molar-refractivity contribution in [2.45, 2.75) is 322 Å². The molecule has 0 aliphatic rings. The number of carbonyl (C=O) groups is 2. The van der Waals surface area contributed by atoms with E-state index in [1.165, 1.54) is 199 Å². The van der Waals surface area contributed by atoms with Crippen LogP contribution in [0.5, 0.6) is 0 Å². The number of phosphoric acid groups is 1. The molecule has 3 unspecified atom stereocenters. The van der Waals surface area contributed by atoms with E-state index in [0.717, 1.165) is 77.0 Å².